The van der Waals surface area contributed by atoms with Crippen molar-refractivity contribution in [3.8, 4) is 5.75 Å². The van der Waals surface area contributed by atoms with Crippen molar-refractivity contribution in [1.29, 1.82) is 0 Å². The highest BCUT2D eigenvalue weighted by Crippen LogP contribution is 2.58. The minimum atomic E-state index is -0.397. The van der Waals surface area contributed by atoms with Crippen molar-refractivity contribution in [3.05, 3.63) is 29.3 Å². The van der Waals surface area contributed by atoms with E-state index < -0.39 is 6.10 Å². The molecule has 1 N–H and O–H groups in total. The Morgan fingerprint density at radius 1 is 1.47 bits per heavy atom. The molecule has 0 aromatic heterocycles. The first kappa shape index (κ1) is 12.4. The summed E-state index contributed by atoms with van der Waals surface area (Å²) in [4.78, 5) is 0. The van der Waals surface area contributed by atoms with Crippen LogP contribution in [-0.4, -0.2) is 11.7 Å². The van der Waals surface area contributed by atoms with Crippen molar-refractivity contribution in [2.24, 2.45) is 11.3 Å². The summed E-state index contributed by atoms with van der Waals surface area (Å²) in [7, 11) is 0. The molecule has 2 heteroatoms. The molecule has 0 radical (unpaired) electrons. The lowest BCUT2D eigenvalue weighted by atomic mass is 9.97. The van der Waals surface area contributed by atoms with Crippen LogP contribution in [0.3, 0.4) is 0 Å². The molecule has 1 saturated carbocycles. The van der Waals surface area contributed by atoms with Crippen LogP contribution in [0.4, 0.5) is 0 Å². The minimum Gasteiger partial charge on any atom is -0.493 e. The lowest BCUT2D eigenvalue weighted by Crippen LogP contribution is -2.07. The Balaban J connectivity index is 2.26. The van der Waals surface area contributed by atoms with E-state index in [9.17, 15) is 5.11 Å². The zero-order chi connectivity index (χ0) is 12.6. The average molecular weight is 234 g/mol. The monoisotopic (exact) mass is 234 g/mol. The molecule has 0 aliphatic heterocycles. The summed E-state index contributed by atoms with van der Waals surface area (Å²) in [5.41, 5.74) is 2.38. The Morgan fingerprint density at radius 2 is 2.12 bits per heavy atom. The van der Waals surface area contributed by atoms with E-state index in [4.69, 9.17) is 4.74 Å². The van der Waals surface area contributed by atoms with E-state index in [1.54, 1.807) is 0 Å². The SMILES string of the molecule is CCOc1ccc(C)cc1C(O)C1CC1(C)C. The van der Waals surface area contributed by atoms with Gasteiger partial charge in [-0.25, -0.2) is 0 Å². The molecule has 0 amide bonds. The molecule has 1 aliphatic rings. The summed E-state index contributed by atoms with van der Waals surface area (Å²) in [6, 6.07) is 6.04. The van der Waals surface area contributed by atoms with E-state index >= 15 is 0 Å². The number of benzene rings is 1. The first-order valence-electron chi connectivity index (χ1n) is 6.37. The van der Waals surface area contributed by atoms with Gasteiger partial charge in [-0.2, -0.15) is 0 Å². The number of hydrogen-bond acceptors (Lipinski definition) is 2. The maximum atomic E-state index is 10.4. The van der Waals surface area contributed by atoms with Gasteiger partial charge in [0.15, 0.2) is 0 Å². The van der Waals surface area contributed by atoms with Gasteiger partial charge < -0.3 is 9.84 Å². The van der Waals surface area contributed by atoms with Gasteiger partial charge in [-0.15, -0.1) is 0 Å². The first-order chi connectivity index (χ1) is 7.95. The predicted molar refractivity (Wildman–Crippen MR) is 69.2 cm³/mol. The molecule has 1 aromatic carbocycles. The largest absolute Gasteiger partial charge is 0.493 e. The van der Waals surface area contributed by atoms with Gasteiger partial charge in [0.05, 0.1) is 12.7 Å². The van der Waals surface area contributed by atoms with Crippen LogP contribution in [0.5, 0.6) is 5.75 Å². The Hall–Kier alpha value is -1.02. The Bertz CT molecular complexity index is 409. The molecule has 0 heterocycles. The topological polar surface area (TPSA) is 29.5 Å². The lowest BCUT2D eigenvalue weighted by Gasteiger charge is -2.17. The lowest BCUT2D eigenvalue weighted by molar-refractivity contribution is 0.134. The van der Waals surface area contributed by atoms with Crippen molar-refractivity contribution < 1.29 is 9.84 Å². The number of aliphatic hydroxyl groups is 1. The van der Waals surface area contributed by atoms with Gasteiger partial charge in [-0.05, 0) is 43.7 Å². The zero-order valence-corrected chi connectivity index (χ0v) is 11.2. The smallest absolute Gasteiger partial charge is 0.125 e. The van der Waals surface area contributed by atoms with Gasteiger partial charge in [-0.3, -0.25) is 0 Å². The molecule has 0 spiro atoms. The Kier molecular flexibility index (Phi) is 3.17. The quantitative estimate of drug-likeness (QED) is 0.864. The van der Waals surface area contributed by atoms with Gasteiger partial charge in [0.2, 0.25) is 0 Å². The van der Waals surface area contributed by atoms with Crippen molar-refractivity contribution in [3.63, 3.8) is 0 Å². The fraction of sp³-hybridized carbons (Fsp3) is 0.600. The van der Waals surface area contributed by atoms with Crippen LogP contribution in [-0.2, 0) is 0 Å². The third kappa shape index (κ3) is 2.47. The molecule has 94 valence electrons. The maximum absolute atomic E-state index is 10.4. The van der Waals surface area contributed by atoms with E-state index in [-0.39, 0.29) is 5.41 Å². The molecule has 2 rings (SSSR count). The van der Waals surface area contributed by atoms with Gasteiger partial charge in [-0.1, -0.05) is 25.5 Å². The van der Waals surface area contributed by atoms with Gasteiger partial charge in [0.1, 0.15) is 5.75 Å². The Morgan fingerprint density at radius 3 is 2.65 bits per heavy atom. The van der Waals surface area contributed by atoms with E-state index in [0.717, 1.165) is 17.7 Å². The molecule has 0 bridgehead atoms. The first-order valence-corrected chi connectivity index (χ1v) is 6.37. The zero-order valence-electron chi connectivity index (χ0n) is 11.2. The second kappa shape index (κ2) is 4.34. The van der Waals surface area contributed by atoms with E-state index in [1.165, 1.54) is 5.56 Å². The van der Waals surface area contributed by atoms with Crippen molar-refractivity contribution in [2.75, 3.05) is 6.61 Å². The molecular formula is C15H22O2. The summed E-state index contributed by atoms with van der Waals surface area (Å²) in [6.45, 7) is 9.06. The van der Waals surface area contributed by atoms with E-state index in [2.05, 4.69) is 13.8 Å². The van der Waals surface area contributed by atoms with Gasteiger partial charge in [0.25, 0.3) is 0 Å². The summed E-state index contributed by atoms with van der Waals surface area (Å²) in [5.74, 6) is 1.19. The molecule has 1 aromatic rings. The number of ether oxygens (including phenoxy) is 1. The van der Waals surface area contributed by atoms with Crippen LogP contribution >= 0.6 is 0 Å². The van der Waals surface area contributed by atoms with Crippen LogP contribution < -0.4 is 4.74 Å². The molecule has 1 fully saturated rings. The average Bonchev–Trinajstić information content (AvgIpc) is 2.90. The van der Waals surface area contributed by atoms with Crippen LogP contribution in [0.2, 0.25) is 0 Å². The van der Waals surface area contributed by atoms with E-state index in [0.29, 0.717) is 12.5 Å². The normalized spacial score (nSPS) is 23.2. The van der Waals surface area contributed by atoms with Gasteiger partial charge in [0, 0.05) is 5.56 Å². The highest BCUT2D eigenvalue weighted by molar-refractivity contribution is 5.39. The third-order valence-electron chi connectivity index (χ3n) is 3.75. The fourth-order valence-corrected chi connectivity index (χ4v) is 2.45. The third-order valence-corrected chi connectivity index (χ3v) is 3.75. The standard InChI is InChI=1S/C15H22O2/c1-5-17-13-7-6-10(2)8-11(13)14(16)12-9-15(12,3)4/h6-8,12,14,16H,5,9H2,1-4H3. The maximum Gasteiger partial charge on any atom is 0.125 e. The number of hydrogen-bond donors (Lipinski definition) is 1. The predicted octanol–water partition coefficient (Wildman–Crippen LogP) is 3.47. The summed E-state index contributed by atoms with van der Waals surface area (Å²) < 4.78 is 5.60. The van der Waals surface area contributed by atoms with Crippen LogP contribution in [0.25, 0.3) is 0 Å². The number of aryl methyl sites for hydroxylation is 1. The molecule has 2 atom stereocenters. The van der Waals surface area contributed by atoms with Crippen molar-refractivity contribution in [1.82, 2.24) is 0 Å². The number of rotatable bonds is 4. The second-order valence-electron chi connectivity index (χ2n) is 5.72. The van der Waals surface area contributed by atoms with E-state index in [1.807, 2.05) is 32.0 Å². The minimum absolute atomic E-state index is 0.270. The van der Waals surface area contributed by atoms with Crippen LogP contribution in [0.1, 0.15) is 44.4 Å². The highest BCUT2D eigenvalue weighted by Gasteiger charge is 2.50. The summed E-state index contributed by atoms with van der Waals surface area (Å²) >= 11 is 0. The Labute approximate surface area is 104 Å². The van der Waals surface area contributed by atoms with Crippen molar-refractivity contribution >= 4 is 0 Å². The fourth-order valence-electron chi connectivity index (χ4n) is 2.45. The summed E-state index contributed by atoms with van der Waals surface area (Å²) in [6.07, 6.45) is 0.694. The van der Waals surface area contributed by atoms with Crippen molar-refractivity contribution in [2.45, 2.75) is 40.2 Å². The molecular weight excluding hydrogens is 212 g/mol. The highest BCUT2D eigenvalue weighted by atomic mass is 16.5. The molecule has 2 nitrogen and oxygen atoms in total. The summed E-state index contributed by atoms with van der Waals surface area (Å²) in [5, 5.41) is 10.4. The van der Waals surface area contributed by atoms with Crippen LogP contribution in [0, 0.1) is 18.3 Å². The molecule has 17 heavy (non-hydrogen) atoms. The van der Waals surface area contributed by atoms with Crippen LogP contribution in [0.15, 0.2) is 18.2 Å². The molecule has 1 aliphatic carbocycles. The van der Waals surface area contributed by atoms with Gasteiger partial charge >= 0.3 is 0 Å². The molecule has 0 saturated heterocycles. The second-order valence-corrected chi connectivity index (χ2v) is 5.72. The molecule has 2 unspecified atom stereocenters. The number of aliphatic hydroxyl groups excluding tert-OH is 1.